The maximum absolute atomic E-state index is 10.8. The summed E-state index contributed by atoms with van der Waals surface area (Å²) in [6.07, 6.45) is 0. The van der Waals surface area contributed by atoms with Gasteiger partial charge in [0.15, 0.2) is 5.78 Å². The maximum atomic E-state index is 10.8. The fourth-order valence-corrected chi connectivity index (χ4v) is 0.537. The predicted octanol–water partition coefficient (Wildman–Crippen LogP) is 0.128. The average Bonchev–Trinajstić information content (AvgIpc) is 1.84. The lowest BCUT2D eigenvalue weighted by molar-refractivity contribution is -0.136. The van der Waals surface area contributed by atoms with Gasteiger partial charge in [-0.1, -0.05) is 13.8 Å². The molecule has 1 atom stereocenters. The molecular formula is C7H13NO2. The van der Waals surface area contributed by atoms with Gasteiger partial charge in [0.05, 0.1) is 6.04 Å². The molecule has 58 valence electrons. The van der Waals surface area contributed by atoms with E-state index in [9.17, 15) is 9.59 Å². The van der Waals surface area contributed by atoms with Gasteiger partial charge in [-0.3, -0.25) is 9.59 Å². The number of Topliss-reactive ketones (excluding diaryl/α,β-unsaturated/α-hetero) is 2. The normalized spacial score (nSPS) is 13.3. The van der Waals surface area contributed by atoms with Crippen molar-refractivity contribution in [3.8, 4) is 0 Å². The first kappa shape index (κ1) is 9.30. The van der Waals surface area contributed by atoms with Crippen LogP contribution in [0.4, 0.5) is 0 Å². The molecular weight excluding hydrogens is 130 g/mol. The van der Waals surface area contributed by atoms with E-state index in [2.05, 4.69) is 0 Å². The fourth-order valence-electron chi connectivity index (χ4n) is 0.537. The number of ketones is 2. The lowest BCUT2D eigenvalue weighted by atomic mass is 9.99. The van der Waals surface area contributed by atoms with Crippen molar-refractivity contribution in [3.63, 3.8) is 0 Å². The van der Waals surface area contributed by atoms with Crippen molar-refractivity contribution in [2.75, 3.05) is 0 Å². The molecule has 0 aromatic rings. The summed E-state index contributed by atoms with van der Waals surface area (Å²) in [5.74, 6) is -0.896. The Morgan fingerprint density at radius 2 is 1.70 bits per heavy atom. The number of rotatable bonds is 3. The number of hydrogen-bond acceptors (Lipinski definition) is 3. The summed E-state index contributed by atoms with van der Waals surface area (Å²) in [7, 11) is 0. The minimum atomic E-state index is -0.627. The van der Waals surface area contributed by atoms with Gasteiger partial charge < -0.3 is 5.73 Å². The highest BCUT2D eigenvalue weighted by molar-refractivity contribution is 6.38. The van der Waals surface area contributed by atoms with Crippen LogP contribution in [-0.4, -0.2) is 17.6 Å². The largest absolute Gasteiger partial charge is 0.321 e. The zero-order valence-electron chi connectivity index (χ0n) is 6.55. The van der Waals surface area contributed by atoms with Crippen LogP contribution < -0.4 is 5.73 Å². The van der Waals surface area contributed by atoms with Crippen LogP contribution in [0.2, 0.25) is 0 Å². The summed E-state index contributed by atoms with van der Waals surface area (Å²) in [6.45, 7) is 4.86. The lowest BCUT2D eigenvalue weighted by Crippen LogP contribution is -2.39. The van der Waals surface area contributed by atoms with E-state index < -0.39 is 17.6 Å². The van der Waals surface area contributed by atoms with Crippen molar-refractivity contribution in [2.24, 2.45) is 11.7 Å². The molecule has 0 spiro atoms. The van der Waals surface area contributed by atoms with E-state index in [1.807, 2.05) is 13.8 Å². The highest BCUT2D eigenvalue weighted by atomic mass is 16.2. The second-order valence-corrected chi connectivity index (χ2v) is 2.69. The molecule has 0 saturated carbocycles. The topological polar surface area (TPSA) is 60.2 Å². The van der Waals surface area contributed by atoms with Crippen LogP contribution >= 0.6 is 0 Å². The molecule has 0 rings (SSSR count). The number of hydrogen-bond donors (Lipinski definition) is 1. The molecule has 0 aliphatic carbocycles. The molecule has 2 N–H and O–H groups in total. The molecule has 10 heavy (non-hydrogen) atoms. The van der Waals surface area contributed by atoms with E-state index in [-0.39, 0.29) is 5.92 Å². The van der Waals surface area contributed by atoms with E-state index in [1.165, 1.54) is 6.92 Å². The third kappa shape index (κ3) is 2.27. The van der Waals surface area contributed by atoms with Crippen LogP contribution in [0.3, 0.4) is 0 Å². The molecule has 1 unspecified atom stereocenters. The Hall–Kier alpha value is -0.700. The molecule has 0 aliphatic rings. The van der Waals surface area contributed by atoms with Crippen LogP contribution in [0.25, 0.3) is 0 Å². The van der Waals surface area contributed by atoms with E-state index >= 15 is 0 Å². The molecule has 0 radical (unpaired) electrons. The fraction of sp³-hybridized carbons (Fsp3) is 0.714. The molecule has 0 heterocycles. The van der Waals surface area contributed by atoms with Gasteiger partial charge in [-0.15, -0.1) is 0 Å². The first-order valence-electron chi connectivity index (χ1n) is 3.27. The smallest absolute Gasteiger partial charge is 0.214 e. The standard InChI is InChI=1S/C7H13NO2/c1-4(2)6(8)7(10)5(3)9/h4,6H,8H2,1-3H3. The van der Waals surface area contributed by atoms with Crippen molar-refractivity contribution in [1.82, 2.24) is 0 Å². The van der Waals surface area contributed by atoms with Crippen LogP contribution in [0.5, 0.6) is 0 Å². The molecule has 3 heteroatoms. The van der Waals surface area contributed by atoms with Crippen LogP contribution in [-0.2, 0) is 9.59 Å². The molecule has 0 saturated heterocycles. The van der Waals surface area contributed by atoms with Crippen molar-refractivity contribution in [2.45, 2.75) is 26.8 Å². The third-order valence-corrected chi connectivity index (χ3v) is 1.37. The summed E-state index contributed by atoms with van der Waals surface area (Å²) in [5.41, 5.74) is 5.39. The summed E-state index contributed by atoms with van der Waals surface area (Å²) >= 11 is 0. The van der Waals surface area contributed by atoms with Crippen LogP contribution in [0.1, 0.15) is 20.8 Å². The molecule has 0 amide bonds. The zero-order chi connectivity index (χ0) is 8.31. The van der Waals surface area contributed by atoms with E-state index in [4.69, 9.17) is 5.73 Å². The average molecular weight is 143 g/mol. The summed E-state index contributed by atoms with van der Waals surface area (Å²) in [4.78, 5) is 21.3. The number of nitrogens with two attached hydrogens (primary N) is 1. The van der Waals surface area contributed by atoms with Gasteiger partial charge in [0.2, 0.25) is 5.78 Å². The van der Waals surface area contributed by atoms with Crippen molar-refractivity contribution in [1.29, 1.82) is 0 Å². The Bertz CT molecular complexity index is 152. The second kappa shape index (κ2) is 3.46. The van der Waals surface area contributed by atoms with Gasteiger partial charge in [0.25, 0.3) is 0 Å². The van der Waals surface area contributed by atoms with Crippen molar-refractivity contribution >= 4 is 11.6 Å². The molecule has 0 bridgehead atoms. The highest BCUT2D eigenvalue weighted by Crippen LogP contribution is 1.99. The van der Waals surface area contributed by atoms with E-state index in [0.29, 0.717) is 0 Å². The van der Waals surface area contributed by atoms with Crippen molar-refractivity contribution < 1.29 is 9.59 Å². The van der Waals surface area contributed by atoms with E-state index in [0.717, 1.165) is 0 Å². The lowest BCUT2D eigenvalue weighted by Gasteiger charge is -2.10. The molecule has 0 aromatic carbocycles. The first-order chi connectivity index (χ1) is 4.46. The van der Waals surface area contributed by atoms with Gasteiger partial charge in [-0.05, 0) is 5.92 Å². The molecule has 0 aromatic heterocycles. The highest BCUT2D eigenvalue weighted by Gasteiger charge is 2.20. The third-order valence-electron chi connectivity index (χ3n) is 1.37. The van der Waals surface area contributed by atoms with Gasteiger partial charge in [0.1, 0.15) is 0 Å². The maximum Gasteiger partial charge on any atom is 0.214 e. The SMILES string of the molecule is CC(=O)C(=O)C(N)C(C)C. The number of carbonyl (C=O) groups is 2. The van der Waals surface area contributed by atoms with Crippen molar-refractivity contribution in [3.05, 3.63) is 0 Å². The van der Waals surface area contributed by atoms with Gasteiger partial charge in [-0.2, -0.15) is 0 Å². The minimum Gasteiger partial charge on any atom is -0.321 e. The van der Waals surface area contributed by atoms with Crippen LogP contribution in [0.15, 0.2) is 0 Å². The summed E-state index contributed by atoms with van der Waals surface area (Å²) < 4.78 is 0. The van der Waals surface area contributed by atoms with Gasteiger partial charge >= 0.3 is 0 Å². The Balaban J connectivity index is 4.08. The van der Waals surface area contributed by atoms with Gasteiger partial charge in [-0.25, -0.2) is 0 Å². The summed E-state index contributed by atoms with van der Waals surface area (Å²) in [6, 6.07) is -0.627. The molecule has 0 fully saturated rings. The Labute approximate surface area is 60.6 Å². The Morgan fingerprint density at radius 3 is 1.80 bits per heavy atom. The van der Waals surface area contributed by atoms with Crippen LogP contribution in [0, 0.1) is 5.92 Å². The first-order valence-corrected chi connectivity index (χ1v) is 3.27. The quantitative estimate of drug-likeness (QED) is 0.571. The Morgan fingerprint density at radius 1 is 1.30 bits per heavy atom. The molecule has 0 aliphatic heterocycles. The van der Waals surface area contributed by atoms with E-state index in [1.54, 1.807) is 0 Å². The summed E-state index contributed by atoms with van der Waals surface area (Å²) in [5, 5.41) is 0. The Kier molecular flexibility index (Phi) is 3.22. The number of carbonyl (C=O) groups excluding carboxylic acids is 2. The minimum absolute atomic E-state index is 0.0383. The van der Waals surface area contributed by atoms with Gasteiger partial charge in [0, 0.05) is 6.92 Å². The monoisotopic (exact) mass is 143 g/mol. The molecule has 3 nitrogen and oxygen atoms in total. The zero-order valence-corrected chi connectivity index (χ0v) is 6.55. The predicted molar refractivity (Wildman–Crippen MR) is 38.5 cm³/mol. The second-order valence-electron chi connectivity index (χ2n) is 2.69.